The van der Waals surface area contributed by atoms with Crippen LogP contribution in [0.4, 0.5) is 4.79 Å². The van der Waals surface area contributed by atoms with Crippen LogP contribution in [0.1, 0.15) is 12.0 Å². The summed E-state index contributed by atoms with van der Waals surface area (Å²) in [7, 11) is -3.26. The van der Waals surface area contributed by atoms with Gasteiger partial charge < -0.3 is 5.32 Å². The Hall–Kier alpha value is -2.10. The largest absolute Gasteiger partial charge is 0.349 e. The molecule has 3 amide bonds. The average molecular weight is 427 g/mol. The van der Waals surface area contributed by atoms with Crippen LogP contribution in [0, 0.1) is 0 Å². The number of nitrogens with one attached hydrogen (secondary N) is 1. The molecule has 1 aromatic carbocycles. The van der Waals surface area contributed by atoms with Gasteiger partial charge in [0.15, 0.2) is 9.84 Å². The van der Waals surface area contributed by atoms with E-state index in [2.05, 4.69) is 5.32 Å². The van der Waals surface area contributed by atoms with Crippen LogP contribution in [0.5, 0.6) is 0 Å². The van der Waals surface area contributed by atoms with E-state index in [1.807, 2.05) is 0 Å². The smallest absolute Gasteiger partial charge is 0.293 e. The van der Waals surface area contributed by atoms with E-state index >= 15 is 0 Å². The van der Waals surface area contributed by atoms with Crippen molar-refractivity contribution in [1.82, 2.24) is 10.2 Å². The molecule has 3 rings (SSSR count). The van der Waals surface area contributed by atoms with Crippen molar-refractivity contribution in [2.75, 3.05) is 12.3 Å². The SMILES string of the molecule is O=C(CCN1C(=O)SC(=Cc2cccc(Cl)c2)C1=O)NC1C=CS(=O)(=O)C1. The Bertz CT molecular complexity index is 971. The molecule has 2 heterocycles. The number of hydrogen-bond acceptors (Lipinski definition) is 6. The number of hydrogen-bond donors (Lipinski definition) is 1. The number of carbonyl (C=O) groups is 3. The molecule has 0 spiro atoms. The summed E-state index contributed by atoms with van der Waals surface area (Å²) in [5, 5.41) is 3.68. The standard InChI is InChI=1S/C17H15ClN2O5S2/c18-12-3-1-2-11(8-12)9-14-16(22)20(17(23)26-14)6-4-15(21)19-13-5-7-27(24,25)10-13/h1-3,5,7-9,13H,4,6,10H2,(H,19,21). The summed E-state index contributed by atoms with van der Waals surface area (Å²) in [4.78, 5) is 37.7. The quantitative estimate of drug-likeness (QED) is 0.724. The number of rotatable bonds is 5. The highest BCUT2D eigenvalue weighted by Crippen LogP contribution is 2.32. The van der Waals surface area contributed by atoms with Crippen LogP contribution in [-0.4, -0.2) is 48.7 Å². The van der Waals surface area contributed by atoms with Gasteiger partial charge in [0.25, 0.3) is 11.1 Å². The molecule has 0 aromatic heterocycles. The van der Waals surface area contributed by atoms with Gasteiger partial charge in [-0.1, -0.05) is 23.7 Å². The summed E-state index contributed by atoms with van der Waals surface area (Å²) in [6.45, 7) is -0.0768. The van der Waals surface area contributed by atoms with E-state index in [-0.39, 0.29) is 23.6 Å². The molecule has 2 aliphatic heterocycles. The first kappa shape index (κ1) is 19.7. The summed E-state index contributed by atoms with van der Waals surface area (Å²) in [5.41, 5.74) is 0.694. The summed E-state index contributed by atoms with van der Waals surface area (Å²) in [6.07, 6.45) is 2.87. The molecule has 0 aliphatic carbocycles. The van der Waals surface area contributed by atoms with E-state index in [0.717, 1.165) is 22.1 Å². The Morgan fingerprint density at radius 1 is 1.37 bits per heavy atom. The molecule has 1 saturated heterocycles. The van der Waals surface area contributed by atoms with E-state index < -0.39 is 32.9 Å². The minimum Gasteiger partial charge on any atom is -0.349 e. The second kappa shape index (κ2) is 7.87. The summed E-state index contributed by atoms with van der Waals surface area (Å²) in [5.74, 6) is -1.08. The van der Waals surface area contributed by atoms with E-state index in [1.54, 1.807) is 30.3 Å². The number of nitrogens with zero attached hydrogens (tertiary/aromatic N) is 1. The lowest BCUT2D eigenvalue weighted by atomic mass is 10.2. The predicted octanol–water partition coefficient (Wildman–Crippen LogP) is 2.19. The summed E-state index contributed by atoms with van der Waals surface area (Å²) >= 11 is 6.71. The zero-order valence-corrected chi connectivity index (χ0v) is 16.3. The van der Waals surface area contributed by atoms with Gasteiger partial charge in [0.1, 0.15) is 0 Å². The Balaban J connectivity index is 1.58. The van der Waals surface area contributed by atoms with E-state index in [4.69, 9.17) is 11.6 Å². The minimum absolute atomic E-state index is 0.0768. The molecular weight excluding hydrogens is 412 g/mol. The van der Waals surface area contributed by atoms with Crippen molar-refractivity contribution in [3.05, 3.63) is 51.2 Å². The summed E-state index contributed by atoms with van der Waals surface area (Å²) < 4.78 is 22.7. The van der Waals surface area contributed by atoms with Crippen LogP contribution in [0.25, 0.3) is 6.08 Å². The van der Waals surface area contributed by atoms with Crippen molar-refractivity contribution in [3.8, 4) is 0 Å². The Labute approximate surface area is 165 Å². The van der Waals surface area contributed by atoms with Crippen LogP contribution < -0.4 is 5.32 Å². The van der Waals surface area contributed by atoms with E-state index in [0.29, 0.717) is 10.6 Å². The zero-order valence-electron chi connectivity index (χ0n) is 13.9. The Kier molecular flexibility index (Phi) is 5.73. The van der Waals surface area contributed by atoms with Crippen molar-refractivity contribution < 1.29 is 22.8 Å². The van der Waals surface area contributed by atoms with Gasteiger partial charge in [-0.3, -0.25) is 19.3 Å². The monoisotopic (exact) mass is 426 g/mol. The molecule has 1 unspecified atom stereocenters. The molecule has 2 aliphatic rings. The maximum Gasteiger partial charge on any atom is 0.293 e. The van der Waals surface area contributed by atoms with Gasteiger partial charge in [-0.25, -0.2) is 8.42 Å². The molecule has 0 radical (unpaired) electrons. The summed E-state index contributed by atoms with van der Waals surface area (Å²) in [6, 6.07) is 6.29. The third kappa shape index (κ3) is 5.00. The van der Waals surface area contributed by atoms with Crippen molar-refractivity contribution >= 4 is 56.3 Å². The molecule has 27 heavy (non-hydrogen) atoms. The third-order valence-electron chi connectivity index (χ3n) is 3.86. The maximum atomic E-state index is 12.4. The lowest BCUT2D eigenvalue weighted by Gasteiger charge is -2.14. The van der Waals surface area contributed by atoms with Gasteiger partial charge in [0.2, 0.25) is 5.91 Å². The van der Waals surface area contributed by atoms with Crippen molar-refractivity contribution in [3.63, 3.8) is 0 Å². The number of carbonyl (C=O) groups excluding carboxylic acids is 3. The zero-order chi connectivity index (χ0) is 19.6. The van der Waals surface area contributed by atoms with Gasteiger partial charge in [0.05, 0.1) is 16.7 Å². The molecule has 1 fully saturated rings. The van der Waals surface area contributed by atoms with Gasteiger partial charge >= 0.3 is 0 Å². The number of benzene rings is 1. The van der Waals surface area contributed by atoms with Gasteiger partial charge in [-0.05, 0) is 41.6 Å². The second-order valence-corrected chi connectivity index (χ2v) is 9.33. The molecule has 0 saturated carbocycles. The van der Waals surface area contributed by atoms with E-state index in [1.165, 1.54) is 6.08 Å². The lowest BCUT2D eigenvalue weighted by Crippen LogP contribution is -2.38. The average Bonchev–Trinajstić information content (AvgIpc) is 3.05. The number of amides is 3. The van der Waals surface area contributed by atoms with Crippen LogP contribution in [0.2, 0.25) is 5.02 Å². The molecule has 10 heteroatoms. The molecule has 1 aromatic rings. The number of thioether (sulfide) groups is 1. The van der Waals surface area contributed by atoms with Gasteiger partial charge in [-0.2, -0.15) is 0 Å². The van der Waals surface area contributed by atoms with Crippen LogP contribution in [0.15, 0.2) is 40.7 Å². The molecular formula is C17H15ClN2O5S2. The highest BCUT2D eigenvalue weighted by atomic mass is 35.5. The van der Waals surface area contributed by atoms with E-state index in [9.17, 15) is 22.8 Å². The molecule has 142 valence electrons. The van der Waals surface area contributed by atoms with Crippen LogP contribution >= 0.6 is 23.4 Å². The first-order valence-corrected chi connectivity index (χ1v) is 10.9. The normalized spacial score (nSPS) is 22.6. The number of halogens is 1. The first-order valence-electron chi connectivity index (χ1n) is 7.95. The molecule has 7 nitrogen and oxygen atoms in total. The van der Waals surface area contributed by atoms with Crippen molar-refractivity contribution in [1.29, 1.82) is 0 Å². The molecule has 0 bridgehead atoms. The first-order chi connectivity index (χ1) is 12.7. The van der Waals surface area contributed by atoms with Crippen molar-refractivity contribution in [2.24, 2.45) is 0 Å². The Morgan fingerprint density at radius 2 is 2.15 bits per heavy atom. The number of sulfone groups is 1. The number of imide groups is 1. The molecule has 1 N–H and O–H groups in total. The van der Waals surface area contributed by atoms with Crippen LogP contribution in [-0.2, 0) is 19.4 Å². The highest BCUT2D eigenvalue weighted by molar-refractivity contribution is 8.18. The second-order valence-electron chi connectivity index (χ2n) is 5.97. The Morgan fingerprint density at radius 3 is 2.81 bits per heavy atom. The van der Waals surface area contributed by atoms with Gasteiger partial charge in [-0.15, -0.1) is 0 Å². The minimum atomic E-state index is -3.26. The predicted molar refractivity (Wildman–Crippen MR) is 104 cm³/mol. The topological polar surface area (TPSA) is 101 Å². The van der Waals surface area contributed by atoms with Gasteiger partial charge in [0, 0.05) is 23.4 Å². The highest BCUT2D eigenvalue weighted by Gasteiger charge is 2.35. The maximum absolute atomic E-state index is 12.4. The fraction of sp³-hybridized carbons (Fsp3) is 0.235. The van der Waals surface area contributed by atoms with Crippen molar-refractivity contribution in [2.45, 2.75) is 12.5 Å². The fourth-order valence-electron chi connectivity index (χ4n) is 2.60. The lowest BCUT2D eigenvalue weighted by molar-refractivity contribution is -0.124. The molecule has 1 atom stereocenters. The van der Waals surface area contributed by atoms with Crippen LogP contribution in [0.3, 0.4) is 0 Å². The third-order valence-corrected chi connectivity index (χ3v) is 6.40. The fourth-order valence-corrected chi connectivity index (χ4v) is 4.90.